The molecule has 0 heterocycles. The largest absolute Gasteiger partial charge is 0.352 e. The van der Waals surface area contributed by atoms with E-state index in [-0.39, 0.29) is 23.4 Å². The molecule has 180 valence electrons. The molecule has 0 aliphatic heterocycles. The first-order chi connectivity index (χ1) is 15.5. The molecule has 7 nitrogen and oxygen atoms in total. The second-order valence-corrected chi connectivity index (χ2v) is 10.7. The van der Waals surface area contributed by atoms with E-state index in [0.29, 0.717) is 17.0 Å². The number of halogens is 1. The maximum absolute atomic E-state index is 13.4. The molecule has 1 atom stereocenters. The summed E-state index contributed by atoms with van der Waals surface area (Å²) < 4.78 is 27.0. The van der Waals surface area contributed by atoms with Crippen molar-refractivity contribution >= 4 is 33.4 Å². The molecule has 2 amide bonds. The molecule has 0 bridgehead atoms. The van der Waals surface area contributed by atoms with Crippen LogP contribution >= 0.6 is 11.6 Å². The number of amides is 2. The van der Waals surface area contributed by atoms with Gasteiger partial charge in [0, 0.05) is 24.7 Å². The lowest BCUT2D eigenvalue weighted by molar-refractivity contribution is -0.141. The highest BCUT2D eigenvalue weighted by atomic mass is 35.5. The normalized spacial score (nSPS) is 12.6. The lowest BCUT2D eigenvalue weighted by Crippen LogP contribution is -2.52. The second-order valence-electron chi connectivity index (χ2n) is 8.27. The van der Waals surface area contributed by atoms with Crippen LogP contribution < -0.4 is 5.32 Å². The minimum Gasteiger partial charge on any atom is -0.352 e. The molecular weight excluding hydrogens is 462 g/mol. The number of carbonyl (C=O) groups is 2. The number of carbonyl (C=O) groups excluding carboxylic acids is 2. The molecule has 33 heavy (non-hydrogen) atoms. The van der Waals surface area contributed by atoms with Gasteiger partial charge < -0.3 is 10.2 Å². The lowest BCUT2D eigenvalue weighted by atomic mass is 10.1. The Morgan fingerprint density at radius 1 is 1.06 bits per heavy atom. The van der Waals surface area contributed by atoms with Crippen molar-refractivity contribution in [3.63, 3.8) is 0 Å². The Hall–Kier alpha value is -2.42. The highest BCUT2D eigenvalue weighted by Crippen LogP contribution is 2.21. The molecule has 0 aromatic heterocycles. The molecule has 0 saturated heterocycles. The fourth-order valence-corrected chi connectivity index (χ4v) is 4.68. The van der Waals surface area contributed by atoms with Gasteiger partial charge in [-0.1, -0.05) is 54.4 Å². The van der Waals surface area contributed by atoms with Crippen LogP contribution in [0.3, 0.4) is 0 Å². The van der Waals surface area contributed by atoms with Gasteiger partial charge in [-0.2, -0.15) is 4.31 Å². The van der Waals surface area contributed by atoms with Crippen LogP contribution in [-0.4, -0.2) is 55.1 Å². The quantitative estimate of drug-likeness (QED) is 0.547. The number of likely N-dealkylation sites (N-methyl/N-ethyl adjacent to an activating group) is 1. The van der Waals surface area contributed by atoms with Crippen molar-refractivity contribution in [3.05, 3.63) is 64.7 Å². The summed E-state index contributed by atoms with van der Waals surface area (Å²) in [5.74, 6) is -0.782. The summed E-state index contributed by atoms with van der Waals surface area (Å²) in [5, 5.41) is 3.31. The van der Waals surface area contributed by atoms with Gasteiger partial charge in [0.15, 0.2) is 0 Å². The molecule has 0 aliphatic carbocycles. The van der Waals surface area contributed by atoms with E-state index in [0.717, 1.165) is 9.87 Å². The van der Waals surface area contributed by atoms with Crippen LogP contribution in [0.25, 0.3) is 0 Å². The number of rotatable bonds is 10. The number of sulfonamides is 1. The Labute approximate surface area is 201 Å². The molecule has 0 saturated carbocycles. The highest BCUT2D eigenvalue weighted by Gasteiger charge is 2.32. The van der Waals surface area contributed by atoms with Gasteiger partial charge in [-0.3, -0.25) is 9.59 Å². The summed E-state index contributed by atoms with van der Waals surface area (Å²) in [6.07, 6.45) is 0.364. The molecule has 2 rings (SSSR count). The Morgan fingerprint density at radius 2 is 1.67 bits per heavy atom. The monoisotopic (exact) mass is 493 g/mol. The van der Waals surface area contributed by atoms with Gasteiger partial charge in [-0.05, 0) is 51.0 Å². The zero-order valence-electron chi connectivity index (χ0n) is 19.7. The van der Waals surface area contributed by atoms with Crippen LogP contribution in [0.2, 0.25) is 5.02 Å². The summed E-state index contributed by atoms with van der Waals surface area (Å²) in [4.78, 5) is 27.8. The minimum atomic E-state index is -3.88. The van der Waals surface area contributed by atoms with E-state index in [1.54, 1.807) is 36.4 Å². The molecule has 0 spiro atoms. The van der Waals surface area contributed by atoms with Gasteiger partial charge >= 0.3 is 0 Å². The second kappa shape index (κ2) is 11.6. The van der Waals surface area contributed by atoms with Gasteiger partial charge in [0.1, 0.15) is 6.04 Å². The maximum Gasteiger partial charge on any atom is 0.243 e. The van der Waals surface area contributed by atoms with Gasteiger partial charge in [0.05, 0.1) is 11.4 Å². The van der Waals surface area contributed by atoms with Crippen molar-refractivity contribution in [2.45, 2.75) is 57.6 Å². The molecule has 0 radical (unpaired) electrons. The number of hydrogen-bond donors (Lipinski definition) is 1. The Morgan fingerprint density at radius 3 is 2.21 bits per heavy atom. The van der Waals surface area contributed by atoms with Crippen LogP contribution in [0.15, 0.2) is 53.4 Å². The van der Waals surface area contributed by atoms with E-state index < -0.39 is 28.5 Å². The summed E-state index contributed by atoms with van der Waals surface area (Å²) in [5.41, 5.74) is 1.60. The van der Waals surface area contributed by atoms with Crippen LogP contribution in [0.5, 0.6) is 0 Å². The molecule has 2 aromatic rings. The third kappa shape index (κ3) is 7.03. The van der Waals surface area contributed by atoms with Crippen LogP contribution in [-0.2, 0) is 26.2 Å². The van der Waals surface area contributed by atoms with E-state index >= 15 is 0 Å². The van der Waals surface area contributed by atoms with E-state index in [1.807, 2.05) is 27.7 Å². The highest BCUT2D eigenvalue weighted by molar-refractivity contribution is 7.89. The predicted octanol–water partition coefficient (Wildman–Crippen LogP) is 3.60. The first-order valence-electron chi connectivity index (χ1n) is 10.8. The van der Waals surface area contributed by atoms with Gasteiger partial charge in [-0.15, -0.1) is 0 Å². The van der Waals surface area contributed by atoms with Crippen molar-refractivity contribution in [2.75, 3.05) is 13.6 Å². The Kier molecular flexibility index (Phi) is 9.46. The smallest absolute Gasteiger partial charge is 0.243 e. The number of nitrogens with one attached hydrogen (secondary N) is 1. The van der Waals surface area contributed by atoms with Crippen molar-refractivity contribution in [2.24, 2.45) is 0 Å². The zero-order valence-corrected chi connectivity index (χ0v) is 21.3. The Balaban J connectivity index is 2.34. The summed E-state index contributed by atoms with van der Waals surface area (Å²) >= 11 is 6.31. The van der Waals surface area contributed by atoms with Crippen LogP contribution in [0.1, 0.15) is 38.3 Å². The van der Waals surface area contributed by atoms with Crippen LogP contribution in [0.4, 0.5) is 0 Å². The van der Waals surface area contributed by atoms with Gasteiger partial charge in [0.25, 0.3) is 0 Å². The lowest BCUT2D eigenvalue weighted by Gasteiger charge is -2.32. The fourth-order valence-electron chi connectivity index (χ4n) is 3.37. The molecule has 1 N–H and O–H groups in total. The zero-order chi connectivity index (χ0) is 24.8. The van der Waals surface area contributed by atoms with E-state index in [2.05, 4.69) is 5.32 Å². The molecule has 0 aliphatic rings. The van der Waals surface area contributed by atoms with Gasteiger partial charge in [-0.25, -0.2) is 8.42 Å². The van der Waals surface area contributed by atoms with Gasteiger partial charge in [0.2, 0.25) is 21.8 Å². The van der Waals surface area contributed by atoms with Crippen molar-refractivity contribution < 1.29 is 18.0 Å². The molecule has 1 unspecified atom stereocenters. The summed E-state index contributed by atoms with van der Waals surface area (Å²) in [6.45, 7) is 7.03. The number of hydrogen-bond acceptors (Lipinski definition) is 4. The van der Waals surface area contributed by atoms with Crippen LogP contribution in [0, 0.1) is 6.92 Å². The molecular formula is C24H32ClN3O4S. The maximum atomic E-state index is 13.4. The number of nitrogens with zero attached hydrogens (tertiary/aromatic N) is 2. The number of benzene rings is 2. The van der Waals surface area contributed by atoms with E-state index in [1.165, 1.54) is 24.1 Å². The Bertz CT molecular complexity index is 1070. The first kappa shape index (κ1) is 26.8. The average Bonchev–Trinajstić information content (AvgIpc) is 2.74. The van der Waals surface area contributed by atoms with Crippen molar-refractivity contribution in [1.29, 1.82) is 0 Å². The minimum absolute atomic E-state index is 0.0843. The summed E-state index contributed by atoms with van der Waals surface area (Å²) in [7, 11) is -2.52. The third-order valence-electron chi connectivity index (χ3n) is 5.20. The van der Waals surface area contributed by atoms with Crippen molar-refractivity contribution in [3.8, 4) is 0 Å². The third-order valence-corrected chi connectivity index (χ3v) is 7.39. The SMILES string of the molecule is CCC(C(=O)NC(C)C)N(Cc1ccccc1Cl)C(=O)CN(C)S(=O)(=O)c1ccc(C)cc1. The summed E-state index contributed by atoms with van der Waals surface area (Å²) in [6, 6.07) is 12.6. The van der Waals surface area contributed by atoms with Crippen molar-refractivity contribution in [1.82, 2.24) is 14.5 Å². The standard InChI is InChI=1S/C24H32ClN3O4S/c1-6-22(24(30)26-17(2)3)28(15-19-9-7-8-10-21(19)25)23(29)16-27(5)33(31,32)20-13-11-18(4)12-14-20/h7-14,17,22H,6,15-16H2,1-5H3,(H,26,30). The average molecular weight is 494 g/mol. The van der Waals surface area contributed by atoms with E-state index in [4.69, 9.17) is 11.6 Å². The molecule has 9 heteroatoms. The predicted molar refractivity (Wildman–Crippen MR) is 130 cm³/mol. The fraction of sp³-hybridized carbons (Fsp3) is 0.417. The first-order valence-corrected chi connectivity index (χ1v) is 12.6. The molecule has 2 aromatic carbocycles. The topological polar surface area (TPSA) is 86.8 Å². The molecule has 0 fully saturated rings. The van der Waals surface area contributed by atoms with E-state index in [9.17, 15) is 18.0 Å². The number of aryl methyl sites for hydroxylation is 1.